The molecule has 0 aliphatic rings. The molecule has 0 spiro atoms. The summed E-state index contributed by atoms with van der Waals surface area (Å²) in [5.41, 5.74) is 7.62. The molecule has 0 fully saturated rings. The van der Waals surface area contributed by atoms with E-state index in [4.69, 9.17) is 4.74 Å². The monoisotopic (exact) mass is 677 g/mol. The van der Waals surface area contributed by atoms with Gasteiger partial charge in [0.2, 0.25) is 0 Å². The van der Waals surface area contributed by atoms with Crippen LogP contribution in [0.5, 0.6) is 5.75 Å². The van der Waals surface area contributed by atoms with E-state index in [1.165, 1.54) is 6.21 Å². The Balaban J connectivity index is 1.41. The number of esters is 1. The van der Waals surface area contributed by atoms with E-state index in [9.17, 15) is 9.59 Å². The molecule has 1 heterocycles. The number of hydrogen-bond donors (Lipinski definition) is 2. The minimum atomic E-state index is -0.480. The van der Waals surface area contributed by atoms with Crippen LogP contribution in [-0.4, -0.2) is 23.1 Å². The fourth-order valence-corrected chi connectivity index (χ4v) is 4.89. The van der Waals surface area contributed by atoms with Crippen LogP contribution < -0.4 is 10.2 Å². The highest BCUT2D eigenvalue weighted by Gasteiger charge is 2.19. The lowest BCUT2D eigenvalue weighted by Crippen LogP contribution is -2.19. The van der Waals surface area contributed by atoms with Crippen molar-refractivity contribution in [2.45, 2.75) is 6.92 Å². The minimum Gasteiger partial charge on any atom is -0.422 e. The van der Waals surface area contributed by atoms with Crippen LogP contribution in [0.25, 0.3) is 22.0 Å². The van der Waals surface area contributed by atoms with E-state index in [1.807, 2.05) is 67.6 Å². The first-order valence-corrected chi connectivity index (χ1v) is 13.5. The maximum Gasteiger partial charge on any atom is 0.343 e. The van der Waals surface area contributed by atoms with Crippen LogP contribution in [0.3, 0.4) is 0 Å². The van der Waals surface area contributed by atoms with Gasteiger partial charge in [0.1, 0.15) is 11.4 Å². The highest BCUT2D eigenvalue weighted by Crippen LogP contribution is 2.33. The maximum absolute atomic E-state index is 13.3. The number of halogens is 2. The van der Waals surface area contributed by atoms with Gasteiger partial charge >= 0.3 is 5.97 Å². The minimum absolute atomic E-state index is 0.321. The van der Waals surface area contributed by atoms with E-state index in [1.54, 1.807) is 30.3 Å². The van der Waals surface area contributed by atoms with Crippen LogP contribution in [0.2, 0.25) is 0 Å². The maximum atomic E-state index is 13.3. The highest BCUT2D eigenvalue weighted by atomic mass is 127. The van der Waals surface area contributed by atoms with Crippen molar-refractivity contribution in [3.8, 4) is 16.9 Å². The molecule has 0 aliphatic heterocycles. The number of aromatic nitrogens is 1. The predicted molar refractivity (Wildman–Crippen MR) is 162 cm³/mol. The quantitative estimate of drug-likeness (QED) is 0.0642. The number of hydrogen-bond acceptors (Lipinski definition) is 4. The Morgan fingerprint density at radius 3 is 2.50 bits per heavy atom. The lowest BCUT2D eigenvalue weighted by molar-refractivity contribution is 0.0734. The summed E-state index contributed by atoms with van der Waals surface area (Å²) in [5.74, 6) is -0.548. The van der Waals surface area contributed by atoms with Crippen LogP contribution in [0, 0.1) is 10.5 Å². The molecule has 5 aromatic rings. The van der Waals surface area contributed by atoms with Crippen LogP contribution in [0.15, 0.2) is 101 Å². The first kappa shape index (κ1) is 25.9. The molecule has 1 amide bonds. The zero-order valence-electron chi connectivity index (χ0n) is 20.2. The second-order valence-electron chi connectivity index (χ2n) is 8.57. The predicted octanol–water partition coefficient (Wildman–Crippen LogP) is 7.49. The molecule has 38 heavy (non-hydrogen) atoms. The van der Waals surface area contributed by atoms with Crippen molar-refractivity contribution in [3.63, 3.8) is 0 Å². The number of nitrogens with zero attached hydrogens (tertiary/aromatic N) is 1. The molecule has 0 unspecified atom stereocenters. The fraction of sp³-hybridized carbons (Fsp3) is 0.0333. The normalized spacial score (nSPS) is 11.1. The molecule has 2 N–H and O–H groups in total. The zero-order chi connectivity index (χ0) is 26.6. The van der Waals surface area contributed by atoms with E-state index >= 15 is 0 Å². The fourth-order valence-electron chi connectivity index (χ4n) is 4.02. The number of carbonyl (C=O) groups excluding carboxylic acids is 2. The van der Waals surface area contributed by atoms with Crippen LogP contribution >= 0.6 is 38.5 Å². The van der Waals surface area contributed by atoms with E-state index in [0.717, 1.165) is 35.6 Å². The average Bonchev–Trinajstić information content (AvgIpc) is 3.29. The standard InChI is InChI=1S/C30H21BrIN3O3/c1-18-7-9-20(10-8-18)30(37)38-26-14-11-22(31)15-21(26)17-33-35-29(36)28-27(19-5-3-2-4-6-19)24-16-23(32)12-13-25(24)34-28/h2-17,34H,1H3,(H,35,36). The van der Waals surface area contributed by atoms with E-state index < -0.39 is 5.97 Å². The number of rotatable bonds is 6. The van der Waals surface area contributed by atoms with E-state index in [2.05, 4.69) is 54.0 Å². The van der Waals surface area contributed by atoms with Gasteiger partial charge in [0.05, 0.1) is 11.8 Å². The van der Waals surface area contributed by atoms with Gasteiger partial charge in [-0.15, -0.1) is 0 Å². The molecule has 0 saturated carbocycles. The van der Waals surface area contributed by atoms with Gasteiger partial charge in [0, 0.05) is 30.1 Å². The summed E-state index contributed by atoms with van der Waals surface area (Å²) in [6, 6.07) is 28.1. The van der Waals surface area contributed by atoms with Crippen molar-refractivity contribution in [3.05, 3.63) is 121 Å². The molecule has 188 valence electrons. The summed E-state index contributed by atoms with van der Waals surface area (Å²) in [5, 5.41) is 5.13. The average molecular weight is 678 g/mol. The molecule has 0 atom stereocenters. The molecular weight excluding hydrogens is 657 g/mol. The first-order valence-electron chi connectivity index (χ1n) is 11.7. The van der Waals surface area contributed by atoms with Gasteiger partial charge in [-0.3, -0.25) is 4.79 Å². The van der Waals surface area contributed by atoms with E-state index in [-0.39, 0.29) is 5.91 Å². The molecule has 6 nitrogen and oxygen atoms in total. The lowest BCUT2D eigenvalue weighted by Gasteiger charge is -2.08. The molecule has 5 rings (SSSR count). The third-order valence-electron chi connectivity index (χ3n) is 5.88. The van der Waals surface area contributed by atoms with Crippen molar-refractivity contribution in [1.82, 2.24) is 10.4 Å². The van der Waals surface area contributed by atoms with Gasteiger partial charge in [0.25, 0.3) is 5.91 Å². The third-order valence-corrected chi connectivity index (χ3v) is 7.05. The molecular formula is C30H21BrIN3O3. The van der Waals surface area contributed by atoms with Gasteiger partial charge < -0.3 is 9.72 Å². The molecule has 0 radical (unpaired) electrons. The number of H-pyrrole nitrogens is 1. The summed E-state index contributed by atoms with van der Waals surface area (Å²) in [6.07, 6.45) is 1.45. The van der Waals surface area contributed by atoms with Crippen LogP contribution in [0.1, 0.15) is 32.0 Å². The number of aromatic amines is 1. The molecule has 0 saturated heterocycles. The highest BCUT2D eigenvalue weighted by molar-refractivity contribution is 14.1. The summed E-state index contributed by atoms with van der Waals surface area (Å²) in [6.45, 7) is 1.95. The second kappa shape index (κ2) is 11.3. The zero-order valence-corrected chi connectivity index (χ0v) is 23.9. The van der Waals surface area contributed by atoms with Crippen molar-refractivity contribution in [2.75, 3.05) is 0 Å². The van der Waals surface area contributed by atoms with Crippen molar-refractivity contribution >= 4 is 67.5 Å². The van der Waals surface area contributed by atoms with Gasteiger partial charge in [-0.05, 0) is 83.6 Å². The molecule has 0 aliphatic carbocycles. The topological polar surface area (TPSA) is 83.5 Å². The Labute approximate surface area is 241 Å². The van der Waals surface area contributed by atoms with Gasteiger partial charge in [-0.1, -0.05) is 64.0 Å². The largest absolute Gasteiger partial charge is 0.422 e. The van der Waals surface area contributed by atoms with Crippen molar-refractivity contribution < 1.29 is 14.3 Å². The second-order valence-corrected chi connectivity index (χ2v) is 10.7. The van der Waals surface area contributed by atoms with Crippen LogP contribution in [-0.2, 0) is 0 Å². The summed E-state index contributed by atoms with van der Waals surface area (Å²) in [4.78, 5) is 29.2. The molecule has 0 bridgehead atoms. The van der Waals surface area contributed by atoms with Crippen molar-refractivity contribution in [2.24, 2.45) is 5.10 Å². The number of amides is 1. The molecule has 4 aromatic carbocycles. The molecule has 1 aromatic heterocycles. The van der Waals surface area contributed by atoms with Gasteiger partial charge in [-0.25, -0.2) is 10.2 Å². The SMILES string of the molecule is Cc1ccc(C(=O)Oc2ccc(Br)cc2C=NNC(=O)c2[nH]c3ccc(I)cc3c2-c2ccccc2)cc1. The van der Waals surface area contributed by atoms with Gasteiger partial charge in [0.15, 0.2) is 0 Å². The number of fused-ring (bicyclic) bond motifs is 1. The van der Waals surface area contributed by atoms with E-state index in [0.29, 0.717) is 22.6 Å². The summed E-state index contributed by atoms with van der Waals surface area (Å²) < 4.78 is 7.47. The number of benzene rings is 4. The third kappa shape index (κ3) is 5.71. The number of carbonyl (C=O) groups is 2. The number of nitrogens with one attached hydrogen (secondary N) is 2. The number of ether oxygens (including phenoxy) is 1. The number of aryl methyl sites for hydroxylation is 1. The number of hydrazone groups is 1. The Hall–Kier alpha value is -3.76. The van der Waals surface area contributed by atoms with Crippen molar-refractivity contribution in [1.29, 1.82) is 0 Å². The van der Waals surface area contributed by atoms with Gasteiger partial charge in [-0.2, -0.15) is 5.10 Å². The smallest absolute Gasteiger partial charge is 0.343 e. The summed E-state index contributed by atoms with van der Waals surface area (Å²) >= 11 is 5.70. The molecule has 8 heteroatoms. The van der Waals surface area contributed by atoms with Crippen LogP contribution in [0.4, 0.5) is 0 Å². The lowest BCUT2D eigenvalue weighted by atomic mass is 10.0. The Morgan fingerprint density at radius 2 is 1.74 bits per heavy atom. The Morgan fingerprint density at radius 1 is 0.974 bits per heavy atom. The Bertz CT molecular complexity index is 1680. The summed E-state index contributed by atoms with van der Waals surface area (Å²) in [7, 11) is 0. The Kier molecular flexibility index (Phi) is 7.71. The first-order chi connectivity index (χ1) is 18.4.